The number of anilines is 1. The quantitative estimate of drug-likeness (QED) is 0.772. The van der Waals surface area contributed by atoms with E-state index in [0.29, 0.717) is 23.4 Å². The van der Waals surface area contributed by atoms with Gasteiger partial charge in [0, 0.05) is 22.7 Å². The van der Waals surface area contributed by atoms with E-state index in [4.69, 9.17) is 5.73 Å². The van der Waals surface area contributed by atoms with E-state index in [0.717, 1.165) is 10.4 Å². The smallest absolute Gasteiger partial charge is 0.270 e. The molecule has 0 saturated heterocycles. The second-order valence-electron chi connectivity index (χ2n) is 4.22. The SMILES string of the molecule is Nc1cc(C(=O)NCc2nccs2)nc2ccccc12. The first kappa shape index (κ1) is 12.6. The van der Waals surface area contributed by atoms with Gasteiger partial charge in [-0.25, -0.2) is 9.97 Å². The fraction of sp³-hybridized carbons (Fsp3) is 0.0714. The summed E-state index contributed by atoms with van der Waals surface area (Å²) in [4.78, 5) is 20.5. The molecule has 0 atom stereocenters. The Hall–Kier alpha value is -2.47. The summed E-state index contributed by atoms with van der Waals surface area (Å²) in [5.74, 6) is -0.252. The predicted octanol–water partition coefficient (Wildman–Crippen LogP) is 2.20. The number of fused-ring (bicyclic) bond motifs is 1. The van der Waals surface area contributed by atoms with E-state index in [1.165, 1.54) is 11.3 Å². The van der Waals surface area contributed by atoms with E-state index >= 15 is 0 Å². The summed E-state index contributed by atoms with van der Waals surface area (Å²) in [6.45, 7) is 0.394. The maximum absolute atomic E-state index is 12.1. The van der Waals surface area contributed by atoms with Gasteiger partial charge in [0.2, 0.25) is 0 Å². The Kier molecular flexibility index (Phi) is 3.30. The van der Waals surface area contributed by atoms with E-state index in [1.54, 1.807) is 12.3 Å². The number of nitrogens with two attached hydrogens (primary N) is 1. The highest BCUT2D eigenvalue weighted by molar-refractivity contribution is 7.09. The van der Waals surface area contributed by atoms with E-state index in [9.17, 15) is 4.79 Å². The predicted molar refractivity (Wildman–Crippen MR) is 79.4 cm³/mol. The molecule has 3 rings (SSSR count). The standard InChI is InChI=1S/C14H12N4OS/c15-10-7-12(18-11-4-2-1-3-9(10)11)14(19)17-8-13-16-5-6-20-13/h1-7H,8H2,(H2,15,18)(H,17,19). The van der Waals surface area contributed by atoms with Crippen LogP contribution >= 0.6 is 11.3 Å². The highest BCUT2D eigenvalue weighted by Gasteiger charge is 2.10. The number of carbonyl (C=O) groups is 1. The lowest BCUT2D eigenvalue weighted by molar-refractivity contribution is 0.0946. The van der Waals surface area contributed by atoms with Crippen LogP contribution in [-0.2, 0) is 6.54 Å². The van der Waals surface area contributed by atoms with Crippen LogP contribution < -0.4 is 11.1 Å². The van der Waals surface area contributed by atoms with Crippen LogP contribution in [0.3, 0.4) is 0 Å². The molecule has 0 aliphatic heterocycles. The van der Waals surface area contributed by atoms with Crippen molar-refractivity contribution < 1.29 is 4.79 Å². The summed E-state index contributed by atoms with van der Waals surface area (Å²) in [6, 6.07) is 9.08. The topological polar surface area (TPSA) is 80.9 Å². The summed E-state index contributed by atoms with van der Waals surface area (Å²) in [6.07, 6.45) is 1.71. The Morgan fingerprint density at radius 1 is 1.35 bits per heavy atom. The number of benzene rings is 1. The molecule has 0 spiro atoms. The average molecular weight is 284 g/mol. The number of nitrogens with one attached hydrogen (secondary N) is 1. The van der Waals surface area contributed by atoms with Gasteiger partial charge < -0.3 is 11.1 Å². The second kappa shape index (κ2) is 5.26. The van der Waals surface area contributed by atoms with Gasteiger partial charge in [-0.3, -0.25) is 4.79 Å². The van der Waals surface area contributed by atoms with Crippen molar-refractivity contribution in [2.75, 3.05) is 5.73 Å². The van der Waals surface area contributed by atoms with Gasteiger partial charge in [0.05, 0.1) is 12.1 Å². The van der Waals surface area contributed by atoms with Crippen LogP contribution in [0, 0.1) is 0 Å². The molecular weight excluding hydrogens is 272 g/mol. The molecule has 2 aromatic heterocycles. The van der Waals surface area contributed by atoms with Gasteiger partial charge in [-0.15, -0.1) is 11.3 Å². The number of amides is 1. The molecule has 0 fully saturated rings. The van der Waals surface area contributed by atoms with Crippen LogP contribution in [-0.4, -0.2) is 15.9 Å². The molecule has 3 N–H and O–H groups in total. The Morgan fingerprint density at radius 3 is 3.00 bits per heavy atom. The molecule has 0 aliphatic carbocycles. The van der Waals surface area contributed by atoms with Crippen LogP contribution in [0.5, 0.6) is 0 Å². The normalized spacial score (nSPS) is 10.6. The molecule has 0 radical (unpaired) electrons. The minimum atomic E-state index is -0.252. The summed E-state index contributed by atoms with van der Waals surface area (Å²) in [5.41, 5.74) is 7.54. The molecule has 1 aromatic carbocycles. The first-order valence-corrected chi connectivity index (χ1v) is 6.94. The maximum Gasteiger partial charge on any atom is 0.270 e. The van der Waals surface area contributed by atoms with Crippen LogP contribution in [0.1, 0.15) is 15.5 Å². The molecule has 6 heteroatoms. The molecule has 0 bridgehead atoms. The van der Waals surface area contributed by atoms with Crippen molar-refractivity contribution in [2.45, 2.75) is 6.54 Å². The highest BCUT2D eigenvalue weighted by atomic mass is 32.1. The van der Waals surface area contributed by atoms with Gasteiger partial charge in [-0.05, 0) is 12.1 Å². The van der Waals surface area contributed by atoms with Gasteiger partial charge in [0.15, 0.2) is 0 Å². The number of hydrogen-bond acceptors (Lipinski definition) is 5. The lowest BCUT2D eigenvalue weighted by atomic mass is 10.1. The first-order chi connectivity index (χ1) is 9.74. The summed E-state index contributed by atoms with van der Waals surface area (Å²) < 4.78 is 0. The van der Waals surface area contributed by atoms with Gasteiger partial charge in [0.1, 0.15) is 10.7 Å². The molecule has 100 valence electrons. The Bertz CT molecular complexity index is 755. The fourth-order valence-corrected chi connectivity index (χ4v) is 2.46. The molecule has 20 heavy (non-hydrogen) atoms. The van der Waals surface area contributed by atoms with Crippen LogP contribution in [0.15, 0.2) is 41.9 Å². The van der Waals surface area contributed by atoms with Gasteiger partial charge in [-0.2, -0.15) is 0 Å². The lowest BCUT2D eigenvalue weighted by Crippen LogP contribution is -2.23. The molecule has 5 nitrogen and oxygen atoms in total. The Labute approximate surface area is 119 Å². The zero-order valence-corrected chi connectivity index (χ0v) is 11.4. The number of pyridine rings is 1. The van der Waals surface area contributed by atoms with E-state index in [1.807, 2.05) is 29.6 Å². The third-order valence-electron chi connectivity index (χ3n) is 2.86. The zero-order valence-electron chi connectivity index (χ0n) is 10.5. The van der Waals surface area contributed by atoms with E-state index in [2.05, 4.69) is 15.3 Å². The molecule has 0 saturated carbocycles. The highest BCUT2D eigenvalue weighted by Crippen LogP contribution is 2.20. The van der Waals surface area contributed by atoms with Gasteiger partial charge in [0.25, 0.3) is 5.91 Å². The number of thiazole rings is 1. The van der Waals surface area contributed by atoms with Crippen molar-refractivity contribution in [1.29, 1.82) is 0 Å². The van der Waals surface area contributed by atoms with Gasteiger partial charge >= 0.3 is 0 Å². The summed E-state index contributed by atoms with van der Waals surface area (Å²) in [7, 11) is 0. The summed E-state index contributed by atoms with van der Waals surface area (Å²) in [5, 5.41) is 6.36. The monoisotopic (exact) mass is 284 g/mol. The first-order valence-electron chi connectivity index (χ1n) is 6.06. The Balaban J connectivity index is 1.84. The molecule has 2 heterocycles. The van der Waals surface area contributed by atoms with Crippen molar-refractivity contribution in [1.82, 2.24) is 15.3 Å². The molecule has 1 amide bonds. The van der Waals surface area contributed by atoms with Crippen molar-refractivity contribution >= 4 is 33.8 Å². The van der Waals surface area contributed by atoms with Crippen LogP contribution in [0.2, 0.25) is 0 Å². The lowest BCUT2D eigenvalue weighted by Gasteiger charge is -2.06. The number of nitrogen functional groups attached to an aromatic ring is 1. The number of aromatic nitrogens is 2. The van der Waals surface area contributed by atoms with Crippen molar-refractivity contribution in [3.63, 3.8) is 0 Å². The van der Waals surface area contributed by atoms with Crippen molar-refractivity contribution in [3.8, 4) is 0 Å². The number of rotatable bonds is 3. The number of para-hydroxylation sites is 1. The van der Waals surface area contributed by atoms with Crippen molar-refractivity contribution in [3.05, 3.63) is 52.6 Å². The van der Waals surface area contributed by atoms with Crippen LogP contribution in [0.25, 0.3) is 10.9 Å². The third-order valence-corrected chi connectivity index (χ3v) is 3.64. The minimum Gasteiger partial charge on any atom is -0.398 e. The number of carbonyl (C=O) groups excluding carboxylic acids is 1. The molecule has 3 aromatic rings. The zero-order chi connectivity index (χ0) is 13.9. The number of hydrogen-bond donors (Lipinski definition) is 2. The minimum absolute atomic E-state index is 0.252. The average Bonchev–Trinajstić information content (AvgIpc) is 2.98. The fourth-order valence-electron chi connectivity index (χ4n) is 1.91. The Morgan fingerprint density at radius 2 is 2.20 bits per heavy atom. The van der Waals surface area contributed by atoms with E-state index in [-0.39, 0.29) is 5.91 Å². The van der Waals surface area contributed by atoms with Gasteiger partial charge in [-0.1, -0.05) is 18.2 Å². The largest absolute Gasteiger partial charge is 0.398 e. The second-order valence-corrected chi connectivity index (χ2v) is 5.20. The summed E-state index contributed by atoms with van der Waals surface area (Å²) >= 11 is 1.49. The van der Waals surface area contributed by atoms with E-state index < -0.39 is 0 Å². The van der Waals surface area contributed by atoms with Crippen LogP contribution in [0.4, 0.5) is 5.69 Å². The maximum atomic E-state index is 12.1. The third kappa shape index (κ3) is 2.46. The molecule has 0 unspecified atom stereocenters. The number of nitrogens with zero attached hydrogens (tertiary/aromatic N) is 2. The molecule has 0 aliphatic rings. The van der Waals surface area contributed by atoms with Crippen molar-refractivity contribution in [2.24, 2.45) is 0 Å². The molecular formula is C14H12N4OS.